The Morgan fingerprint density at radius 1 is 0.897 bits per heavy atom. The number of esters is 1. The van der Waals surface area contributed by atoms with Gasteiger partial charge >= 0.3 is 5.97 Å². The minimum atomic E-state index is -1.05. The second-order valence-electron chi connectivity index (χ2n) is 6.78. The number of rotatable bonds is 6. The first-order valence-corrected chi connectivity index (χ1v) is 9.40. The predicted octanol–water partition coefficient (Wildman–Crippen LogP) is 5.24. The molecule has 4 nitrogen and oxygen atoms in total. The van der Waals surface area contributed by atoms with Crippen LogP contribution in [0, 0.1) is 13.8 Å². The van der Waals surface area contributed by atoms with Crippen LogP contribution in [0.15, 0.2) is 84.9 Å². The zero-order valence-corrected chi connectivity index (χ0v) is 16.5. The monoisotopic (exact) mass is 385 g/mol. The van der Waals surface area contributed by atoms with E-state index >= 15 is 0 Å². The number of ether oxygens (including phenoxy) is 1. The molecule has 0 saturated heterocycles. The number of carbonyl (C=O) groups excluding carboxylic acids is 2. The van der Waals surface area contributed by atoms with Crippen molar-refractivity contribution in [1.82, 2.24) is 0 Å². The van der Waals surface area contributed by atoms with Crippen molar-refractivity contribution in [2.45, 2.75) is 20.0 Å². The highest BCUT2D eigenvalue weighted by Gasteiger charge is 2.24. The van der Waals surface area contributed by atoms with Crippen LogP contribution in [0.25, 0.3) is 6.08 Å². The minimum absolute atomic E-state index is 0.397. The fourth-order valence-corrected chi connectivity index (χ4v) is 2.85. The molecule has 1 atom stereocenters. The molecule has 29 heavy (non-hydrogen) atoms. The van der Waals surface area contributed by atoms with E-state index in [-0.39, 0.29) is 0 Å². The molecule has 0 aromatic heterocycles. The van der Waals surface area contributed by atoms with E-state index in [2.05, 4.69) is 5.32 Å². The molecule has 0 aliphatic carbocycles. The van der Waals surface area contributed by atoms with Crippen molar-refractivity contribution in [1.29, 1.82) is 0 Å². The van der Waals surface area contributed by atoms with Crippen molar-refractivity contribution in [2.24, 2.45) is 0 Å². The summed E-state index contributed by atoms with van der Waals surface area (Å²) in [6.45, 7) is 3.87. The Hall–Kier alpha value is -3.66. The standard InChI is InChI=1S/C25H23NO3/c1-18-13-14-19(2)22(17-18)26-25(28)24(21-11-7-4-8-12-21)29-23(27)16-15-20-9-5-3-6-10-20/h3-17,24H,1-2H3,(H,26,28)/b16-15+/t24-/m1/s1. The molecule has 0 saturated carbocycles. The highest BCUT2D eigenvalue weighted by molar-refractivity contribution is 5.98. The molecule has 3 aromatic rings. The second kappa shape index (κ2) is 9.51. The lowest BCUT2D eigenvalue weighted by atomic mass is 10.1. The summed E-state index contributed by atoms with van der Waals surface area (Å²) in [7, 11) is 0. The van der Waals surface area contributed by atoms with Gasteiger partial charge in [-0.25, -0.2) is 4.79 Å². The first-order valence-electron chi connectivity index (χ1n) is 9.40. The molecule has 0 radical (unpaired) electrons. The summed E-state index contributed by atoms with van der Waals surface area (Å²) in [5.74, 6) is -0.981. The maximum atomic E-state index is 13.0. The third kappa shape index (κ3) is 5.66. The van der Waals surface area contributed by atoms with Gasteiger partial charge in [0.15, 0.2) is 0 Å². The van der Waals surface area contributed by atoms with Crippen molar-refractivity contribution >= 4 is 23.6 Å². The fraction of sp³-hybridized carbons (Fsp3) is 0.120. The quantitative estimate of drug-likeness (QED) is 0.466. The first kappa shape index (κ1) is 20.1. The Morgan fingerprint density at radius 3 is 2.24 bits per heavy atom. The van der Waals surface area contributed by atoms with Crippen LogP contribution in [0.3, 0.4) is 0 Å². The van der Waals surface area contributed by atoms with Gasteiger partial charge in [0.2, 0.25) is 6.10 Å². The Balaban J connectivity index is 1.79. The second-order valence-corrected chi connectivity index (χ2v) is 6.78. The van der Waals surface area contributed by atoms with Crippen molar-refractivity contribution in [3.05, 3.63) is 107 Å². The number of hydrogen-bond acceptors (Lipinski definition) is 3. The van der Waals surface area contributed by atoms with Crippen molar-refractivity contribution in [3.63, 3.8) is 0 Å². The lowest BCUT2D eigenvalue weighted by Crippen LogP contribution is -2.25. The SMILES string of the molecule is Cc1ccc(C)c(NC(=O)[C@H](OC(=O)/C=C/c2ccccc2)c2ccccc2)c1. The van der Waals surface area contributed by atoms with Crippen molar-refractivity contribution < 1.29 is 14.3 Å². The van der Waals surface area contributed by atoms with E-state index in [4.69, 9.17) is 4.74 Å². The van der Waals surface area contributed by atoms with Gasteiger partial charge in [0.1, 0.15) is 0 Å². The van der Waals surface area contributed by atoms with E-state index in [1.165, 1.54) is 6.08 Å². The molecule has 3 aromatic carbocycles. The first-order chi connectivity index (χ1) is 14.0. The van der Waals surface area contributed by atoms with Crippen LogP contribution in [0.5, 0.6) is 0 Å². The van der Waals surface area contributed by atoms with Crippen molar-refractivity contribution in [3.8, 4) is 0 Å². The van der Waals surface area contributed by atoms with E-state index < -0.39 is 18.0 Å². The minimum Gasteiger partial charge on any atom is -0.444 e. The summed E-state index contributed by atoms with van der Waals surface area (Å²) in [4.78, 5) is 25.4. The topological polar surface area (TPSA) is 55.4 Å². The number of aryl methyl sites for hydroxylation is 2. The maximum Gasteiger partial charge on any atom is 0.331 e. The van der Waals surface area contributed by atoms with Gasteiger partial charge in [0, 0.05) is 17.3 Å². The zero-order valence-electron chi connectivity index (χ0n) is 16.5. The average Bonchev–Trinajstić information content (AvgIpc) is 2.74. The number of nitrogens with one attached hydrogen (secondary N) is 1. The molecule has 0 aliphatic heterocycles. The molecule has 0 aliphatic rings. The van der Waals surface area contributed by atoms with E-state index in [9.17, 15) is 9.59 Å². The zero-order chi connectivity index (χ0) is 20.6. The third-order valence-electron chi connectivity index (χ3n) is 4.44. The normalized spacial score (nSPS) is 11.8. The van der Waals surface area contributed by atoms with Gasteiger partial charge in [-0.05, 0) is 42.7 Å². The fourth-order valence-electron chi connectivity index (χ4n) is 2.85. The molecule has 0 heterocycles. The summed E-state index contributed by atoms with van der Waals surface area (Å²) in [6, 6.07) is 24.2. The van der Waals surface area contributed by atoms with Gasteiger partial charge in [0.25, 0.3) is 5.91 Å². The molecule has 0 bridgehead atoms. The summed E-state index contributed by atoms with van der Waals surface area (Å²) in [5.41, 5.74) is 4.15. The van der Waals surface area contributed by atoms with E-state index in [0.717, 1.165) is 16.7 Å². The van der Waals surface area contributed by atoms with E-state index in [1.807, 2.05) is 68.4 Å². The van der Waals surface area contributed by atoms with Crippen LogP contribution in [-0.4, -0.2) is 11.9 Å². The Morgan fingerprint density at radius 2 is 1.55 bits per heavy atom. The van der Waals surface area contributed by atoms with Gasteiger partial charge in [-0.1, -0.05) is 72.8 Å². The Kier molecular flexibility index (Phi) is 6.59. The number of benzene rings is 3. The van der Waals surface area contributed by atoms with Gasteiger partial charge in [-0.2, -0.15) is 0 Å². The molecule has 1 amide bonds. The molecule has 146 valence electrons. The molecule has 1 N–H and O–H groups in total. The maximum absolute atomic E-state index is 13.0. The highest BCUT2D eigenvalue weighted by Crippen LogP contribution is 2.23. The molecular weight excluding hydrogens is 362 g/mol. The third-order valence-corrected chi connectivity index (χ3v) is 4.44. The number of amides is 1. The number of anilines is 1. The van der Waals surface area contributed by atoms with Crippen LogP contribution in [0.2, 0.25) is 0 Å². The molecule has 0 unspecified atom stereocenters. The van der Waals surface area contributed by atoms with Crippen LogP contribution >= 0.6 is 0 Å². The summed E-state index contributed by atoms with van der Waals surface area (Å²) in [5, 5.41) is 2.89. The molecular formula is C25H23NO3. The number of carbonyl (C=O) groups is 2. The number of hydrogen-bond donors (Lipinski definition) is 1. The van der Waals surface area contributed by atoms with Crippen LogP contribution in [0.1, 0.15) is 28.4 Å². The Bertz CT molecular complexity index is 1010. The van der Waals surface area contributed by atoms with Crippen molar-refractivity contribution in [2.75, 3.05) is 5.32 Å². The smallest absolute Gasteiger partial charge is 0.331 e. The highest BCUT2D eigenvalue weighted by atomic mass is 16.5. The van der Waals surface area contributed by atoms with E-state index in [1.54, 1.807) is 30.3 Å². The summed E-state index contributed by atoms with van der Waals surface area (Å²) in [6.07, 6.45) is 1.94. The summed E-state index contributed by atoms with van der Waals surface area (Å²) < 4.78 is 5.52. The Labute approximate surface area is 170 Å². The largest absolute Gasteiger partial charge is 0.444 e. The molecule has 0 fully saturated rings. The molecule has 3 rings (SSSR count). The lowest BCUT2D eigenvalue weighted by molar-refractivity contribution is -0.149. The van der Waals surface area contributed by atoms with Gasteiger partial charge in [-0.15, -0.1) is 0 Å². The van der Waals surface area contributed by atoms with Crippen LogP contribution in [0.4, 0.5) is 5.69 Å². The molecule has 4 heteroatoms. The average molecular weight is 385 g/mol. The van der Waals surface area contributed by atoms with E-state index in [0.29, 0.717) is 11.3 Å². The van der Waals surface area contributed by atoms with Crippen LogP contribution < -0.4 is 5.32 Å². The lowest BCUT2D eigenvalue weighted by Gasteiger charge is -2.18. The van der Waals surface area contributed by atoms with Gasteiger partial charge in [-0.3, -0.25) is 4.79 Å². The summed E-state index contributed by atoms with van der Waals surface area (Å²) >= 11 is 0. The van der Waals surface area contributed by atoms with Gasteiger partial charge in [0.05, 0.1) is 0 Å². The predicted molar refractivity (Wildman–Crippen MR) is 115 cm³/mol. The van der Waals surface area contributed by atoms with Crippen LogP contribution in [-0.2, 0) is 14.3 Å². The molecule has 0 spiro atoms. The van der Waals surface area contributed by atoms with Gasteiger partial charge < -0.3 is 10.1 Å².